The van der Waals surface area contributed by atoms with Gasteiger partial charge in [0.05, 0.1) is 5.60 Å². The summed E-state index contributed by atoms with van der Waals surface area (Å²) in [6.07, 6.45) is 0. The first-order chi connectivity index (χ1) is 9.74. The molecule has 116 valence electrons. The van der Waals surface area contributed by atoms with Crippen LogP contribution < -0.4 is 5.73 Å². The van der Waals surface area contributed by atoms with Gasteiger partial charge in [-0.1, -0.05) is 11.6 Å². The second-order valence-corrected chi connectivity index (χ2v) is 6.37. The Morgan fingerprint density at radius 3 is 2.52 bits per heavy atom. The van der Waals surface area contributed by atoms with Gasteiger partial charge >= 0.3 is 0 Å². The number of nitrogen functional groups attached to an aromatic ring is 1. The average molecular weight is 313 g/mol. The number of halogens is 1. The van der Waals surface area contributed by atoms with Gasteiger partial charge in [0, 0.05) is 38.3 Å². The van der Waals surface area contributed by atoms with Gasteiger partial charge in [0.25, 0.3) is 5.91 Å². The minimum atomic E-state index is -0.723. The number of piperazine rings is 1. The van der Waals surface area contributed by atoms with E-state index in [1.807, 2.05) is 0 Å². The van der Waals surface area contributed by atoms with Crippen LogP contribution in [0.1, 0.15) is 24.2 Å². The van der Waals surface area contributed by atoms with E-state index in [2.05, 4.69) is 9.88 Å². The summed E-state index contributed by atoms with van der Waals surface area (Å²) in [6, 6.07) is 3.07. The first kappa shape index (κ1) is 16.0. The Morgan fingerprint density at radius 2 is 2.00 bits per heavy atom. The van der Waals surface area contributed by atoms with Gasteiger partial charge in [0.2, 0.25) is 0 Å². The fourth-order valence-electron chi connectivity index (χ4n) is 2.48. The van der Waals surface area contributed by atoms with Crippen LogP contribution in [0.2, 0.25) is 5.15 Å². The highest BCUT2D eigenvalue weighted by Crippen LogP contribution is 2.16. The Hall–Kier alpha value is -1.37. The Labute approximate surface area is 129 Å². The number of aromatic nitrogens is 1. The van der Waals surface area contributed by atoms with E-state index < -0.39 is 5.60 Å². The van der Waals surface area contributed by atoms with Crippen LogP contribution >= 0.6 is 11.6 Å². The van der Waals surface area contributed by atoms with Gasteiger partial charge in [-0.25, -0.2) is 4.98 Å². The highest BCUT2D eigenvalue weighted by Gasteiger charge is 2.25. The summed E-state index contributed by atoms with van der Waals surface area (Å²) in [5, 5.41) is 10.0. The van der Waals surface area contributed by atoms with Crippen LogP contribution in [-0.4, -0.2) is 64.1 Å². The third-order valence-corrected chi connectivity index (χ3v) is 3.52. The van der Waals surface area contributed by atoms with Crippen LogP contribution in [0.4, 0.5) is 5.82 Å². The second-order valence-electron chi connectivity index (χ2n) is 5.98. The van der Waals surface area contributed by atoms with Crippen molar-refractivity contribution in [1.29, 1.82) is 0 Å². The number of β-amino-alcohol motifs (C(OH)–C–C–N with tert-alkyl or cyclic N) is 1. The van der Waals surface area contributed by atoms with E-state index in [-0.39, 0.29) is 16.9 Å². The van der Waals surface area contributed by atoms with E-state index in [0.717, 1.165) is 13.1 Å². The molecule has 0 spiro atoms. The predicted molar refractivity (Wildman–Crippen MR) is 82.3 cm³/mol. The van der Waals surface area contributed by atoms with Gasteiger partial charge in [-0.05, 0) is 26.0 Å². The average Bonchev–Trinajstić information content (AvgIpc) is 2.35. The summed E-state index contributed by atoms with van der Waals surface area (Å²) in [4.78, 5) is 20.2. The molecule has 1 aromatic heterocycles. The second kappa shape index (κ2) is 6.17. The normalized spacial score (nSPS) is 17.0. The molecule has 0 aromatic carbocycles. The summed E-state index contributed by atoms with van der Waals surface area (Å²) in [6.45, 7) is 6.89. The zero-order valence-corrected chi connectivity index (χ0v) is 13.1. The molecule has 1 saturated heterocycles. The van der Waals surface area contributed by atoms with Crippen LogP contribution in [0.25, 0.3) is 0 Å². The minimum absolute atomic E-state index is 0.0890. The van der Waals surface area contributed by atoms with Crippen LogP contribution in [0.3, 0.4) is 0 Å². The SMILES string of the molecule is CC(C)(O)CN1CCN(C(=O)c2cc(N)nc(Cl)c2)CC1. The Kier molecular flexibility index (Phi) is 4.70. The lowest BCUT2D eigenvalue weighted by atomic mass is 10.1. The molecule has 1 aliphatic heterocycles. The number of aliphatic hydroxyl groups is 1. The van der Waals surface area contributed by atoms with E-state index in [4.69, 9.17) is 17.3 Å². The number of carbonyl (C=O) groups is 1. The number of nitrogens with zero attached hydrogens (tertiary/aromatic N) is 3. The van der Waals surface area contributed by atoms with Gasteiger partial charge < -0.3 is 15.7 Å². The molecule has 0 radical (unpaired) electrons. The number of amides is 1. The van der Waals surface area contributed by atoms with Crippen LogP contribution in [0.15, 0.2) is 12.1 Å². The molecular weight excluding hydrogens is 292 g/mol. The van der Waals surface area contributed by atoms with Gasteiger partial charge in [0.15, 0.2) is 0 Å². The van der Waals surface area contributed by atoms with Crippen molar-refractivity contribution in [2.75, 3.05) is 38.5 Å². The first-order valence-corrected chi connectivity index (χ1v) is 7.29. The Morgan fingerprint density at radius 1 is 1.38 bits per heavy atom. The molecule has 1 amide bonds. The molecule has 2 heterocycles. The molecule has 0 saturated carbocycles. The van der Waals surface area contributed by atoms with Gasteiger partial charge in [0.1, 0.15) is 11.0 Å². The molecule has 3 N–H and O–H groups in total. The largest absolute Gasteiger partial charge is 0.389 e. The molecule has 1 aliphatic rings. The number of carbonyl (C=O) groups excluding carboxylic acids is 1. The van der Waals surface area contributed by atoms with Gasteiger partial charge in [-0.3, -0.25) is 9.69 Å². The van der Waals surface area contributed by atoms with E-state index in [9.17, 15) is 9.90 Å². The number of hydrogen-bond donors (Lipinski definition) is 2. The monoisotopic (exact) mass is 312 g/mol. The fraction of sp³-hybridized carbons (Fsp3) is 0.571. The standard InChI is InChI=1S/C14H21ClN4O2/c1-14(2,21)9-18-3-5-19(6-4-18)13(20)10-7-11(15)17-12(16)8-10/h7-8,21H,3-6,9H2,1-2H3,(H2,16,17). The summed E-state index contributed by atoms with van der Waals surface area (Å²) in [5.74, 6) is 0.153. The Bertz CT molecular complexity index is 502. The number of anilines is 1. The lowest BCUT2D eigenvalue weighted by Gasteiger charge is -2.37. The maximum absolute atomic E-state index is 12.4. The molecule has 0 bridgehead atoms. The summed E-state index contributed by atoms with van der Waals surface area (Å²) in [7, 11) is 0. The maximum Gasteiger partial charge on any atom is 0.254 e. The number of pyridine rings is 1. The number of hydrogen-bond acceptors (Lipinski definition) is 5. The third kappa shape index (κ3) is 4.56. The van der Waals surface area contributed by atoms with Crippen LogP contribution in [0, 0.1) is 0 Å². The van der Waals surface area contributed by atoms with Gasteiger partial charge in [-0.15, -0.1) is 0 Å². The van der Waals surface area contributed by atoms with Crippen LogP contribution in [-0.2, 0) is 0 Å². The zero-order valence-electron chi connectivity index (χ0n) is 12.3. The Balaban J connectivity index is 1.97. The van der Waals surface area contributed by atoms with Crippen molar-refractivity contribution in [2.24, 2.45) is 0 Å². The van der Waals surface area contributed by atoms with Crippen molar-refractivity contribution < 1.29 is 9.90 Å². The zero-order chi connectivity index (χ0) is 15.6. The highest BCUT2D eigenvalue weighted by atomic mass is 35.5. The van der Waals surface area contributed by atoms with Crippen molar-refractivity contribution in [3.63, 3.8) is 0 Å². The summed E-state index contributed by atoms with van der Waals surface area (Å²) in [5.41, 5.74) is 5.35. The molecule has 0 unspecified atom stereocenters. The van der Waals surface area contributed by atoms with Crippen molar-refractivity contribution in [3.05, 3.63) is 22.8 Å². The quantitative estimate of drug-likeness (QED) is 0.808. The maximum atomic E-state index is 12.4. The first-order valence-electron chi connectivity index (χ1n) is 6.92. The molecule has 2 rings (SSSR count). The predicted octanol–water partition coefficient (Wildman–Crippen LogP) is 0.846. The molecule has 7 heteroatoms. The van der Waals surface area contributed by atoms with Crippen LogP contribution in [0.5, 0.6) is 0 Å². The van der Waals surface area contributed by atoms with Crippen molar-refractivity contribution in [3.8, 4) is 0 Å². The molecule has 0 atom stereocenters. The van der Waals surface area contributed by atoms with Crippen molar-refractivity contribution >= 4 is 23.3 Å². The third-order valence-electron chi connectivity index (χ3n) is 3.33. The topological polar surface area (TPSA) is 82.7 Å². The fourth-order valence-corrected chi connectivity index (χ4v) is 2.69. The van der Waals surface area contributed by atoms with Crippen molar-refractivity contribution in [1.82, 2.24) is 14.8 Å². The summed E-state index contributed by atoms with van der Waals surface area (Å²) >= 11 is 5.83. The van der Waals surface area contributed by atoms with E-state index >= 15 is 0 Å². The molecule has 6 nitrogen and oxygen atoms in total. The van der Waals surface area contributed by atoms with Gasteiger partial charge in [-0.2, -0.15) is 0 Å². The molecular formula is C14H21ClN4O2. The molecule has 0 aliphatic carbocycles. The highest BCUT2D eigenvalue weighted by molar-refractivity contribution is 6.29. The smallest absolute Gasteiger partial charge is 0.254 e. The van der Waals surface area contributed by atoms with E-state index in [1.54, 1.807) is 18.7 Å². The lowest BCUT2D eigenvalue weighted by Crippen LogP contribution is -2.52. The number of rotatable bonds is 3. The molecule has 1 fully saturated rings. The number of nitrogens with two attached hydrogens (primary N) is 1. The van der Waals surface area contributed by atoms with E-state index in [0.29, 0.717) is 25.2 Å². The molecule has 21 heavy (non-hydrogen) atoms. The summed E-state index contributed by atoms with van der Waals surface area (Å²) < 4.78 is 0. The lowest BCUT2D eigenvalue weighted by molar-refractivity contribution is 0.0178. The minimum Gasteiger partial charge on any atom is -0.389 e. The van der Waals surface area contributed by atoms with Crippen molar-refractivity contribution in [2.45, 2.75) is 19.4 Å². The molecule has 1 aromatic rings. The van der Waals surface area contributed by atoms with E-state index in [1.165, 1.54) is 12.1 Å².